The van der Waals surface area contributed by atoms with Gasteiger partial charge in [0.2, 0.25) is 11.8 Å². The van der Waals surface area contributed by atoms with E-state index in [4.69, 9.17) is 5.73 Å². The molecule has 3 heterocycles. The first-order valence-electron chi connectivity index (χ1n) is 8.75. The summed E-state index contributed by atoms with van der Waals surface area (Å²) in [6.45, 7) is 3.07. The van der Waals surface area contributed by atoms with Crippen molar-refractivity contribution >= 4 is 17.7 Å². The molecule has 0 aliphatic carbocycles. The quantitative estimate of drug-likeness (QED) is 0.753. The lowest BCUT2D eigenvalue weighted by molar-refractivity contribution is -0.136. The molecule has 2 saturated heterocycles. The second-order valence-corrected chi connectivity index (χ2v) is 7.18. The first-order chi connectivity index (χ1) is 12.0. The van der Waals surface area contributed by atoms with E-state index in [-0.39, 0.29) is 30.2 Å². The van der Waals surface area contributed by atoms with Gasteiger partial charge in [0.1, 0.15) is 6.04 Å². The van der Waals surface area contributed by atoms with Crippen molar-refractivity contribution in [3.8, 4) is 0 Å². The van der Waals surface area contributed by atoms with E-state index < -0.39 is 6.04 Å². The molecule has 2 atom stereocenters. The van der Waals surface area contributed by atoms with Crippen LogP contribution in [-0.2, 0) is 22.7 Å². The lowest BCUT2D eigenvalue weighted by atomic mass is 10.0. The number of nitrogens with zero attached hydrogens (tertiary/aromatic N) is 2. The van der Waals surface area contributed by atoms with Gasteiger partial charge in [0.05, 0.1) is 0 Å². The summed E-state index contributed by atoms with van der Waals surface area (Å²) in [6.07, 6.45) is 1.67. The van der Waals surface area contributed by atoms with Crippen LogP contribution < -0.4 is 11.1 Å². The van der Waals surface area contributed by atoms with Crippen molar-refractivity contribution in [2.75, 3.05) is 13.1 Å². The summed E-state index contributed by atoms with van der Waals surface area (Å²) in [7, 11) is 0. The van der Waals surface area contributed by atoms with Crippen molar-refractivity contribution in [1.82, 2.24) is 15.1 Å². The molecule has 7 nitrogen and oxygen atoms in total. The normalized spacial score (nSPS) is 26.9. The fraction of sp³-hybridized carbons (Fsp3) is 0.500. The number of hydrogen-bond acceptors (Lipinski definition) is 5. The van der Waals surface area contributed by atoms with Gasteiger partial charge in [-0.15, -0.1) is 0 Å². The molecule has 0 spiro atoms. The number of benzene rings is 1. The Morgan fingerprint density at radius 2 is 2.04 bits per heavy atom. The zero-order valence-corrected chi connectivity index (χ0v) is 14.0. The number of hydrogen-bond donors (Lipinski definition) is 2. The predicted molar refractivity (Wildman–Crippen MR) is 90.4 cm³/mol. The molecule has 1 aromatic carbocycles. The molecule has 7 heteroatoms. The molecule has 2 fully saturated rings. The Hall–Kier alpha value is -2.25. The van der Waals surface area contributed by atoms with Crippen molar-refractivity contribution in [2.45, 2.75) is 44.4 Å². The molecule has 3 aliphatic heterocycles. The number of likely N-dealkylation sites (tertiary alicyclic amines) is 1. The molecule has 0 aromatic heterocycles. The molecule has 3 N–H and O–H groups in total. The number of piperidine rings is 1. The van der Waals surface area contributed by atoms with Gasteiger partial charge < -0.3 is 10.6 Å². The van der Waals surface area contributed by atoms with Crippen LogP contribution in [0.2, 0.25) is 0 Å². The van der Waals surface area contributed by atoms with Crippen molar-refractivity contribution < 1.29 is 14.4 Å². The summed E-state index contributed by atoms with van der Waals surface area (Å²) < 4.78 is 0. The Labute approximate surface area is 146 Å². The summed E-state index contributed by atoms with van der Waals surface area (Å²) >= 11 is 0. The van der Waals surface area contributed by atoms with Gasteiger partial charge in [0, 0.05) is 44.2 Å². The Morgan fingerprint density at radius 3 is 2.76 bits per heavy atom. The number of amides is 3. The van der Waals surface area contributed by atoms with Gasteiger partial charge in [0.15, 0.2) is 0 Å². The van der Waals surface area contributed by atoms with E-state index in [2.05, 4.69) is 10.2 Å². The van der Waals surface area contributed by atoms with Gasteiger partial charge in [-0.3, -0.25) is 24.6 Å². The highest BCUT2D eigenvalue weighted by Crippen LogP contribution is 2.28. The first-order valence-corrected chi connectivity index (χ1v) is 8.75. The molecule has 25 heavy (non-hydrogen) atoms. The van der Waals surface area contributed by atoms with Crippen LogP contribution in [0.5, 0.6) is 0 Å². The first kappa shape index (κ1) is 16.2. The zero-order valence-electron chi connectivity index (χ0n) is 14.0. The maximum atomic E-state index is 12.8. The Morgan fingerprint density at radius 1 is 1.20 bits per heavy atom. The Kier molecular flexibility index (Phi) is 4.05. The van der Waals surface area contributed by atoms with Crippen LogP contribution in [0.15, 0.2) is 18.2 Å². The number of carbonyl (C=O) groups is 3. The summed E-state index contributed by atoms with van der Waals surface area (Å²) in [6, 6.07) is 5.64. The SMILES string of the molecule is N[C@H]1CCN(Cc2ccc3c(c2)C(=O)N(C2CCC(=O)NC2=O)C3)C1. The van der Waals surface area contributed by atoms with Gasteiger partial charge in [-0.05, 0) is 30.0 Å². The van der Waals surface area contributed by atoms with Crippen molar-refractivity contribution in [3.63, 3.8) is 0 Å². The van der Waals surface area contributed by atoms with Crippen LogP contribution in [0.1, 0.15) is 40.7 Å². The summed E-state index contributed by atoms with van der Waals surface area (Å²) in [4.78, 5) is 40.1. The fourth-order valence-electron chi connectivity index (χ4n) is 3.96. The lowest BCUT2D eigenvalue weighted by Gasteiger charge is -2.29. The molecule has 0 radical (unpaired) electrons. The second-order valence-electron chi connectivity index (χ2n) is 7.18. The number of fused-ring (bicyclic) bond motifs is 1. The molecule has 1 unspecified atom stereocenters. The minimum Gasteiger partial charge on any atom is -0.326 e. The number of imide groups is 1. The largest absolute Gasteiger partial charge is 0.326 e. The van der Waals surface area contributed by atoms with Gasteiger partial charge in [-0.2, -0.15) is 0 Å². The highest BCUT2D eigenvalue weighted by Gasteiger charge is 2.39. The van der Waals surface area contributed by atoms with E-state index in [9.17, 15) is 14.4 Å². The number of carbonyl (C=O) groups excluding carboxylic acids is 3. The molecule has 132 valence electrons. The summed E-state index contributed by atoms with van der Waals surface area (Å²) in [5.74, 6) is -0.760. The molecule has 3 aliphatic rings. The molecular formula is C18H22N4O3. The molecule has 1 aromatic rings. The van der Waals surface area contributed by atoms with Crippen LogP contribution in [0, 0.1) is 0 Å². The Bertz CT molecular complexity index is 748. The minimum absolute atomic E-state index is 0.121. The average Bonchev–Trinajstić information content (AvgIpc) is 3.12. The lowest BCUT2D eigenvalue weighted by Crippen LogP contribution is -2.52. The highest BCUT2D eigenvalue weighted by molar-refractivity contribution is 6.05. The molecule has 0 saturated carbocycles. The second kappa shape index (κ2) is 6.24. The molecule has 0 bridgehead atoms. The number of nitrogens with one attached hydrogen (secondary N) is 1. The minimum atomic E-state index is -0.558. The third kappa shape index (κ3) is 3.05. The van der Waals surface area contributed by atoms with Crippen LogP contribution >= 0.6 is 0 Å². The fourth-order valence-corrected chi connectivity index (χ4v) is 3.96. The van der Waals surface area contributed by atoms with Gasteiger partial charge in [0.25, 0.3) is 5.91 Å². The monoisotopic (exact) mass is 342 g/mol. The van der Waals surface area contributed by atoms with Crippen molar-refractivity contribution in [1.29, 1.82) is 0 Å². The molecule has 4 rings (SSSR count). The maximum Gasteiger partial charge on any atom is 0.255 e. The highest BCUT2D eigenvalue weighted by atomic mass is 16.2. The third-order valence-electron chi connectivity index (χ3n) is 5.31. The van der Waals surface area contributed by atoms with Crippen molar-refractivity contribution in [3.05, 3.63) is 34.9 Å². The molecule has 3 amide bonds. The summed E-state index contributed by atoms with van der Waals surface area (Å²) in [5.41, 5.74) is 8.65. The van der Waals surface area contributed by atoms with E-state index in [1.165, 1.54) is 0 Å². The van der Waals surface area contributed by atoms with Crippen LogP contribution in [0.25, 0.3) is 0 Å². The average molecular weight is 342 g/mol. The van der Waals surface area contributed by atoms with Gasteiger partial charge in [-0.25, -0.2) is 0 Å². The van der Waals surface area contributed by atoms with Gasteiger partial charge in [-0.1, -0.05) is 12.1 Å². The van der Waals surface area contributed by atoms with Crippen LogP contribution in [0.4, 0.5) is 0 Å². The zero-order chi connectivity index (χ0) is 17.6. The predicted octanol–water partition coefficient (Wildman–Crippen LogP) is -0.0194. The maximum absolute atomic E-state index is 12.8. The van der Waals surface area contributed by atoms with Crippen molar-refractivity contribution in [2.24, 2.45) is 5.73 Å². The number of rotatable bonds is 3. The smallest absolute Gasteiger partial charge is 0.255 e. The van der Waals surface area contributed by atoms with E-state index >= 15 is 0 Å². The van der Waals surface area contributed by atoms with Crippen LogP contribution in [0.3, 0.4) is 0 Å². The van der Waals surface area contributed by atoms with E-state index in [1.54, 1.807) is 4.90 Å². The topological polar surface area (TPSA) is 95.7 Å². The van der Waals surface area contributed by atoms with E-state index in [0.29, 0.717) is 18.5 Å². The summed E-state index contributed by atoms with van der Waals surface area (Å²) in [5, 5.41) is 2.33. The Balaban J connectivity index is 1.50. The van der Waals surface area contributed by atoms with E-state index in [1.807, 2.05) is 18.2 Å². The standard InChI is InChI=1S/C18H22N4O3/c19-13-5-6-21(10-13)8-11-1-2-12-9-22(18(25)14(12)7-11)15-3-4-16(23)20-17(15)24/h1-2,7,13,15H,3-6,8-10,19H2,(H,20,23,24)/t13-,15?/m0/s1. The molecular weight excluding hydrogens is 320 g/mol. The number of nitrogens with two attached hydrogens (primary N) is 1. The third-order valence-corrected chi connectivity index (χ3v) is 5.31. The van der Waals surface area contributed by atoms with E-state index in [0.717, 1.165) is 37.2 Å². The van der Waals surface area contributed by atoms with Crippen LogP contribution in [-0.4, -0.2) is 52.7 Å². The van der Waals surface area contributed by atoms with Gasteiger partial charge >= 0.3 is 0 Å².